The number of carbonyl (C=O) groups is 1. The van der Waals surface area contributed by atoms with Gasteiger partial charge in [0.25, 0.3) is 0 Å². The minimum Gasteiger partial charge on any atom is -0.370 e. The van der Waals surface area contributed by atoms with Gasteiger partial charge in [0.2, 0.25) is 0 Å². The van der Waals surface area contributed by atoms with Gasteiger partial charge in [-0.3, -0.25) is 0 Å². The number of urea groups is 1. The molecule has 5 nitrogen and oxygen atoms in total. The highest BCUT2D eigenvalue weighted by atomic mass is 35.5. The minimum absolute atomic E-state index is 0. The van der Waals surface area contributed by atoms with Gasteiger partial charge in [0.05, 0.1) is 10.7 Å². The molecule has 0 bridgehead atoms. The highest BCUT2D eigenvalue weighted by Crippen LogP contribution is 2.24. The molecule has 0 aliphatic rings. The third-order valence-electron chi connectivity index (χ3n) is 1.43. The fourth-order valence-corrected chi connectivity index (χ4v) is 1.08. The Labute approximate surface area is 102 Å². The fourth-order valence-electron chi connectivity index (χ4n) is 0.869. The SMILES string of the molecule is Cl.NC(N)=NC(=O)Nc1c(F)cccc1Cl. The number of benzene rings is 1. The van der Waals surface area contributed by atoms with E-state index in [0.717, 1.165) is 6.07 Å². The monoisotopic (exact) mass is 266 g/mol. The van der Waals surface area contributed by atoms with Crippen LogP contribution in [0.2, 0.25) is 5.02 Å². The van der Waals surface area contributed by atoms with Gasteiger partial charge in [0.1, 0.15) is 5.82 Å². The van der Waals surface area contributed by atoms with E-state index in [9.17, 15) is 9.18 Å². The van der Waals surface area contributed by atoms with Crippen LogP contribution >= 0.6 is 24.0 Å². The Bertz CT molecular complexity index is 400. The molecule has 5 N–H and O–H groups in total. The lowest BCUT2D eigenvalue weighted by molar-refractivity contribution is 0.259. The summed E-state index contributed by atoms with van der Waals surface area (Å²) in [6.45, 7) is 0. The number of amides is 2. The van der Waals surface area contributed by atoms with E-state index in [-0.39, 0.29) is 23.1 Å². The van der Waals surface area contributed by atoms with Crippen molar-refractivity contribution >= 4 is 41.7 Å². The molecule has 8 heteroatoms. The lowest BCUT2D eigenvalue weighted by Gasteiger charge is -2.05. The highest BCUT2D eigenvalue weighted by molar-refractivity contribution is 6.33. The second kappa shape index (κ2) is 6.14. The van der Waals surface area contributed by atoms with Crippen molar-refractivity contribution < 1.29 is 9.18 Å². The summed E-state index contributed by atoms with van der Waals surface area (Å²) in [4.78, 5) is 14.2. The van der Waals surface area contributed by atoms with Gasteiger partial charge in [-0.15, -0.1) is 12.4 Å². The Kier molecular flexibility index (Phi) is 5.55. The highest BCUT2D eigenvalue weighted by Gasteiger charge is 2.09. The van der Waals surface area contributed by atoms with Crippen molar-refractivity contribution in [2.24, 2.45) is 16.5 Å². The number of nitrogens with one attached hydrogen (secondary N) is 1. The number of para-hydroxylation sites is 1. The summed E-state index contributed by atoms with van der Waals surface area (Å²) in [6.07, 6.45) is 0. The Morgan fingerprint density at radius 2 is 2.06 bits per heavy atom. The maximum atomic E-state index is 13.1. The third kappa shape index (κ3) is 3.92. The van der Waals surface area contributed by atoms with E-state index >= 15 is 0 Å². The first-order chi connectivity index (χ1) is 7.00. The molecular weight excluding hydrogens is 258 g/mol. The van der Waals surface area contributed by atoms with Crippen LogP contribution in [0.25, 0.3) is 0 Å². The largest absolute Gasteiger partial charge is 0.370 e. The van der Waals surface area contributed by atoms with Crippen molar-refractivity contribution in [2.75, 3.05) is 5.32 Å². The number of halogens is 3. The van der Waals surface area contributed by atoms with Crippen molar-refractivity contribution in [1.82, 2.24) is 0 Å². The molecule has 0 heterocycles. The van der Waals surface area contributed by atoms with Gasteiger partial charge in [0, 0.05) is 0 Å². The van der Waals surface area contributed by atoms with Crippen LogP contribution in [0.1, 0.15) is 0 Å². The van der Waals surface area contributed by atoms with Gasteiger partial charge in [-0.1, -0.05) is 17.7 Å². The molecule has 0 saturated heterocycles. The molecule has 1 aromatic rings. The number of nitrogens with zero attached hydrogens (tertiary/aromatic N) is 1. The van der Waals surface area contributed by atoms with Crippen LogP contribution < -0.4 is 16.8 Å². The molecule has 1 aromatic carbocycles. The predicted molar refractivity (Wildman–Crippen MR) is 63.5 cm³/mol. The van der Waals surface area contributed by atoms with E-state index in [0.29, 0.717) is 0 Å². The topological polar surface area (TPSA) is 93.5 Å². The first-order valence-corrected chi connectivity index (χ1v) is 4.23. The van der Waals surface area contributed by atoms with E-state index in [4.69, 9.17) is 23.1 Å². The van der Waals surface area contributed by atoms with Crippen LogP contribution in [0.3, 0.4) is 0 Å². The smallest absolute Gasteiger partial charge is 0.348 e. The van der Waals surface area contributed by atoms with Gasteiger partial charge >= 0.3 is 6.03 Å². The summed E-state index contributed by atoms with van der Waals surface area (Å²) in [5.41, 5.74) is 9.77. The first kappa shape index (κ1) is 14.5. The number of aliphatic imine (C=N–C) groups is 1. The van der Waals surface area contributed by atoms with Gasteiger partial charge in [-0.05, 0) is 12.1 Å². The molecule has 0 aliphatic carbocycles. The molecular formula is C8H9Cl2FN4O. The summed E-state index contributed by atoms with van der Waals surface area (Å²) in [5, 5.41) is 2.18. The standard InChI is InChI=1S/C8H8ClFN4O.ClH/c9-4-2-1-3-5(10)6(4)13-8(15)14-7(11)12;/h1-3H,(H5,11,12,13,14,15);1H. The molecule has 2 amide bonds. The summed E-state index contributed by atoms with van der Waals surface area (Å²) in [6, 6.07) is 3.10. The zero-order valence-corrected chi connectivity index (χ0v) is 9.48. The number of hydrogen-bond donors (Lipinski definition) is 3. The van der Waals surface area contributed by atoms with E-state index in [1.54, 1.807) is 0 Å². The molecule has 0 unspecified atom stereocenters. The maximum absolute atomic E-state index is 13.1. The summed E-state index contributed by atoms with van der Waals surface area (Å²) >= 11 is 5.64. The van der Waals surface area contributed by atoms with Crippen LogP contribution in [0.5, 0.6) is 0 Å². The first-order valence-electron chi connectivity index (χ1n) is 3.85. The number of guanidine groups is 1. The number of nitrogens with two attached hydrogens (primary N) is 2. The minimum atomic E-state index is -0.887. The molecule has 0 aromatic heterocycles. The zero-order chi connectivity index (χ0) is 11.4. The van der Waals surface area contributed by atoms with Crippen molar-refractivity contribution in [1.29, 1.82) is 0 Å². The Balaban J connectivity index is 0.00000225. The predicted octanol–water partition coefficient (Wildman–Crippen LogP) is 1.71. The quantitative estimate of drug-likeness (QED) is 0.534. The summed E-state index contributed by atoms with van der Waals surface area (Å²) < 4.78 is 13.1. The van der Waals surface area contributed by atoms with Gasteiger partial charge < -0.3 is 16.8 Å². The molecule has 0 saturated carbocycles. The Morgan fingerprint density at radius 3 is 2.56 bits per heavy atom. The lowest BCUT2D eigenvalue weighted by Crippen LogP contribution is -2.25. The zero-order valence-electron chi connectivity index (χ0n) is 7.91. The maximum Gasteiger partial charge on any atom is 0.348 e. The van der Waals surface area contributed by atoms with Gasteiger partial charge in [-0.2, -0.15) is 4.99 Å². The number of rotatable bonds is 1. The molecule has 88 valence electrons. The van der Waals surface area contributed by atoms with Crippen LogP contribution in [-0.4, -0.2) is 12.0 Å². The molecule has 1 rings (SSSR count). The number of anilines is 1. The van der Waals surface area contributed by atoms with E-state index in [2.05, 4.69) is 10.3 Å². The fraction of sp³-hybridized carbons (Fsp3) is 0. The molecule has 0 aliphatic heterocycles. The van der Waals surface area contributed by atoms with Crippen molar-refractivity contribution in [2.45, 2.75) is 0 Å². The molecule has 0 radical (unpaired) electrons. The number of hydrogen-bond acceptors (Lipinski definition) is 1. The molecule has 0 fully saturated rings. The average Bonchev–Trinajstić information content (AvgIpc) is 2.10. The molecule has 0 spiro atoms. The molecule has 16 heavy (non-hydrogen) atoms. The third-order valence-corrected chi connectivity index (χ3v) is 1.74. The van der Waals surface area contributed by atoms with Crippen molar-refractivity contribution in [3.63, 3.8) is 0 Å². The van der Waals surface area contributed by atoms with E-state index in [1.165, 1.54) is 12.1 Å². The average molecular weight is 267 g/mol. The van der Waals surface area contributed by atoms with Gasteiger partial charge in [0.15, 0.2) is 5.96 Å². The van der Waals surface area contributed by atoms with Crippen molar-refractivity contribution in [3.8, 4) is 0 Å². The molecule has 0 atom stereocenters. The summed E-state index contributed by atoms with van der Waals surface area (Å²) in [7, 11) is 0. The van der Waals surface area contributed by atoms with Gasteiger partial charge in [-0.25, -0.2) is 9.18 Å². The second-order valence-corrected chi connectivity index (χ2v) is 2.97. The normalized spacial score (nSPS) is 8.88. The van der Waals surface area contributed by atoms with Crippen LogP contribution in [0.4, 0.5) is 14.9 Å². The van der Waals surface area contributed by atoms with E-state index < -0.39 is 17.8 Å². The number of carbonyl (C=O) groups excluding carboxylic acids is 1. The Hall–Kier alpha value is -1.53. The van der Waals surface area contributed by atoms with Crippen LogP contribution in [0, 0.1) is 5.82 Å². The van der Waals surface area contributed by atoms with Crippen molar-refractivity contribution in [3.05, 3.63) is 29.0 Å². The van der Waals surface area contributed by atoms with Crippen LogP contribution in [-0.2, 0) is 0 Å². The van der Waals surface area contributed by atoms with E-state index in [1.807, 2.05) is 0 Å². The lowest BCUT2D eigenvalue weighted by atomic mass is 10.3. The Morgan fingerprint density at radius 1 is 1.44 bits per heavy atom. The van der Waals surface area contributed by atoms with Crippen LogP contribution in [0.15, 0.2) is 23.2 Å². The second-order valence-electron chi connectivity index (χ2n) is 2.56. The summed E-state index contributed by atoms with van der Waals surface area (Å²) in [5.74, 6) is -1.08.